The van der Waals surface area contributed by atoms with Gasteiger partial charge in [0.05, 0.1) is 24.2 Å². The largest absolute Gasteiger partial charge is 0.497 e. The van der Waals surface area contributed by atoms with E-state index in [0.29, 0.717) is 28.6 Å². The van der Waals surface area contributed by atoms with Gasteiger partial charge in [0, 0.05) is 12.1 Å². The average Bonchev–Trinajstić information content (AvgIpc) is 2.69. The highest BCUT2D eigenvalue weighted by Crippen LogP contribution is 2.31. The molecule has 0 saturated carbocycles. The monoisotopic (exact) mass is 278 g/mol. The van der Waals surface area contributed by atoms with Gasteiger partial charge >= 0.3 is 0 Å². The van der Waals surface area contributed by atoms with E-state index in [-0.39, 0.29) is 11.9 Å². The molecule has 2 aromatic rings. The van der Waals surface area contributed by atoms with E-state index < -0.39 is 0 Å². The Morgan fingerprint density at radius 1 is 1.40 bits per heavy atom. The third kappa shape index (κ3) is 2.54. The van der Waals surface area contributed by atoms with Gasteiger partial charge in [-0.3, -0.25) is 0 Å². The van der Waals surface area contributed by atoms with E-state index >= 15 is 0 Å². The number of ether oxygens (including phenoxy) is 1. The molecule has 0 bridgehead atoms. The Kier molecular flexibility index (Phi) is 3.83. The molecular weight excluding hydrogens is 259 g/mol. The molecule has 0 unspecified atom stereocenters. The lowest BCUT2D eigenvalue weighted by Gasteiger charge is -2.14. The second-order valence-electron chi connectivity index (χ2n) is 4.86. The van der Waals surface area contributed by atoms with Crippen LogP contribution in [-0.2, 0) is 0 Å². The highest BCUT2D eigenvalue weighted by Gasteiger charge is 2.16. The van der Waals surface area contributed by atoms with Gasteiger partial charge in [-0.25, -0.2) is 9.07 Å². The van der Waals surface area contributed by atoms with Gasteiger partial charge in [-0.15, -0.1) is 0 Å². The zero-order valence-electron chi connectivity index (χ0n) is 12.1. The molecule has 0 radical (unpaired) electrons. The van der Waals surface area contributed by atoms with Crippen molar-refractivity contribution in [1.82, 2.24) is 9.78 Å². The normalized spacial score (nSPS) is 10.9. The van der Waals surface area contributed by atoms with Crippen molar-refractivity contribution < 1.29 is 9.13 Å². The van der Waals surface area contributed by atoms with Gasteiger partial charge in [-0.1, -0.05) is 0 Å². The fourth-order valence-electron chi connectivity index (χ4n) is 1.91. The molecule has 3 N–H and O–H groups in total. The number of nitrogens with zero attached hydrogens (tertiary/aromatic N) is 2. The lowest BCUT2D eigenvalue weighted by molar-refractivity contribution is 0.414. The first-order chi connectivity index (χ1) is 9.43. The maximum Gasteiger partial charge on any atom is 0.152 e. The quantitative estimate of drug-likeness (QED) is 0.901. The van der Waals surface area contributed by atoms with E-state index in [2.05, 4.69) is 10.4 Å². The number of nitrogen functional groups attached to an aromatic ring is 1. The first-order valence-corrected chi connectivity index (χ1v) is 6.39. The number of benzene rings is 1. The van der Waals surface area contributed by atoms with Crippen molar-refractivity contribution in [1.29, 1.82) is 0 Å². The van der Waals surface area contributed by atoms with Crippen LogP contribution in [0.5, 0.6) is 5.75 Å². The van der Waals surface area contributed by atoms with E-state index in [1.54, 1.807) is 16.8 Å². The predicted octanol–water partition coefficient (Wildman–Crippen LogP) is 3.25. The third-order valence-corrected chi connectivity index (χ3v) is 3.05. The Morgan fingerprint density at radius 2 is 2.10 bits per heavy atom. The molecule has 1 heterocycles. The van der Waals surface area contributed by atoms with Gasteiger partial charge in [0.15, 0.2) is 5.82 Å². The average molecular weight is 278 g/mol. The first-order valence-electron chi connectivity index (χ1n) is 6.39. The number of aromatic nitrogens is 2. The molecule has 108 valence electrons. The molecule has 0 spiro atoms. The number of nitrogens with one attached hydrogen (secondary N) is 1. The minimum absolute atomic E-state index is 0.113. The van der Waals surface area contributed by atoms with Gasteiger partial charge in [-0.05, 0) is 32.9 Å². The molecule has 0 saturated heterocycles. The van der Waals surface area contributed by atoms with Crippen LogP contribution in [0.3, 0.4) is 0 Å². The molecule has 0 aliphatic rings. The summed E-state index contributed by atoms with van der Waals surface area (Å²) in [6.45, 7) is 5.79. The zero-order chi connectivity index (χ0) is 14.9. The Labute approximate surface area is 117 Å². The number of hydrogen-bond acceptors (Lipinski definition) is 4. The molecule has 0 aliphatic heterocycles. The van der Waals surface area contributed by atoms with Gasteiger partial charge in [0.25, 0.3) is 0 Å². The summed E-state index contributed by atoms with van der Waals surface area (Å²) in [5.74, 6) is 0.781. The summed E-state index contributed by atoms with van der Waals surface area (Å²) < 4.78 is 20.7. The third-order valence-electron chi connectivity index (χ3n) is 3.05. The molecular formula is C14H19FN4O. The molecule has 1 aromatic heterocycles. The summed E-state index contributed by atoms with van der Waals surface area (Å²) in [7, 11) is 1.54. The second kappa shape index (κ2) is 5.40. The number of methoxy groups -OCH3 is 1. The lowest BCUT2D eigenvalue weighted by Crippen LogP contribution is -2.09. The zero-order valence-corrected chi connectivity index (χ0v) is 12.1. The minimum atomic E-state index is -0.376. The van der Waals surface area contributed by atoms with Crippen LogP contribution in [0, 0.1) is 12.7 Å². The van der Waals surface area contributed by atoms with E-state index in [1.807, 2.05) is 20.8 Å². The topological polar surface area (TPSA) is 65.1 Å². The number of rotatable bonds is 4. The number of halogens is 1. The van der Waals surface area contributed by atoms with Crippen molar-refractivity contribution in [3.05, 3.63) is 29.7 Å². The number of nitrogens with two attached hydrogens (primary N) is 1. The highest BCUT2D eigenvalue weighted by molar-refractivity contribution is 5.72. The van der Waals surface area contributed by atoms with Crippen molar-refractivity contribution in [3.8, 4) is 5.75 Å². The van der Waals surface area contributed by atoms with Crippen LogP contribution in [0.4, 0.5) is 21.6 Å². The van der Waals surface area contributed by atoms with Crippen molar-refractivity contribution in [2.45, 2.75) is 26.8 Å². The fraction of sp³-hybridized carbons (Fsp3) is 0.357. The smallest absolute Gasteiger partial charge is 0.152 e. The van der Waals surface area contributed by atoms with Crippen molar-refractivity contribution in [2.75, 3.05) is 18.2 Å². The summed E-state index contributed by atoms with van der Waals surface area (Å²) in [4.78, 5) is 0. The van der Waals surface area contributed by atoms with Gasteiger partial charge in [0.1, 0.15) is 11.6 Å². The van der Waals surface area contributed by atoms with Crippen LogP contribution in [-0.4, -0.2) is 16.9 Å². The van der Waals surface area contributed by atoms with E-state index in [1.165, 1.54) is 13.2 Å². The molecule has 0 aliphatic carbocycles. The summed E-state index contributed by atoms with van der Waals surface area (Å²) in [6, 6.07) is 4.61. The Hall–Kier alpha value is -2.24. The van der Waals surface area contributed by atoms with Gasteiger partial charge < -0.3 is 15.8 Å². The molecule has 0 atom stereocenters. The van der Waals surface area contributed by atoms with Crippen molar-refractivity contribution >= 4 is 17.2 Å². The van der Waals surface area contributed by atoms with Crippen LogP contribution >= 0.6 is 0 Å². The van der Waals surface area contributed by atoms with E-state index in [9.17, 15) is 4.39 Å². The molecule has 5 nitrogen and oxygen atoms in total. The van der Waals surface area contributed by atoms with Gasteiger partial charge in [0.2, 0.25) is 0 Å². The summed E-state index contributed by atoms with van der Waals surface area (Å²) in [6.07, 6.45) is 0. The first kappa shape index (κ1) is 14.2. The number of hydrogen-bond donors (Lipinski definition) is 2. The SMILES string of the molecule is COc1ccc(F)c(Nc2c(N)c(C)nn2C(C)C)c1. The van der Waals surface area contributed by atoms with Crippen LogP contribution in [0.15, 0.2) is 18.2 Å². The Balaban J connectivity index is 2.44. The Bertz CT molecular complexity index is 622. The second-order valence-corrected chi connectivity index (χ2v) is 4.86. The molecule has 20 heavy (non-hydrogen) atoms. The molecule has 0 amide bonds. The van der Waals surface area contributed by atoms with E-state index in [4.69, 9.17) is 10.5 Å². The van der Waals surface area contributed by atoms with Crippen LogP contribution in [0.25, 0.3) is 0 Å². The fourth-order valence-corrected chi connectivity index (χ4v) is 1.91. The maximum absolute atomic E-state index is 13.9. The summed E-state index contributed by atoms with van der Waals surface area (Å²) >= 11 is 0. The predicted molar refractivity (Wildman–Crippen MR) is 78.0 cm³/mol. The maximum atomic E-state index is 13.9. The van der Waals surface area contributed by atoms with Crippen LogP contribution in [0.2, 0.25) is 0 Å². The molecule has 0 fully saturated rings. The van der Waals surface area contributed by atoms with Crippen LogP contribution in [0.1, 0.15) is 25.6 Å². The van der Waals surface area contributed by atoms with Crippen LogP contribution < -0.4 is 15.8 Å². The van der Waals surface area contributed by atoms with Crippen molar-refractivity contribution in [3.63, 3.8) is 0 Å². The standard InChI is InChI=1S/C14H19FN4O/c1-8(2)19-14(13(16)9(3)18-19)17-12-7-10(20-4)5-6-11(12)15/h5-8,17H,16H2,1-4H3. The highest BCUT2D eigenvalue weighted by atomic mass is 19.1. The minimum Gasteiger partial charge on any atom is -0.497 e. The lowest BCUT2D eigenvalue weighted by atomic mass is 10.2. The van der Waals surface area contributed by atoms with Crippen molar-refractivity contribution in [2.24, 2.45) is 0 Å². The van der Waals surface area contributed by atoms with E-state index in [0.717, 1.165) is 0 Å². The molecule has 1 aromatic carbocycles. The Morgan fingerprint density at radius 3 is 2.70 bits per heavy atom. The summed E-state index contributed by atoms with van der Waals surface area (Å²) in [5, 5.41) is 7.36. The number of anilines is 3. The molecule has 6 heteroatoms. The number of aryl methyl sites for hydroxylation is 1. The summed E-state index contributed by atoms with van der Waals surface area (Å²) in [5.41, 5.74) is 7.54. The van der Waals surface area contributed by atoms with Gasteiger partial charge in [-0.2, -0.15) is 5.10 Å². The molecule has 2 rings (SSSR count).